The van der Waals surface area contributed by atoms with Gasteiger partial charge in [0.15, 0.2) is 0 Å². The van der Waals surface area contributed by atoms with Crippen LogP contribution in [0.25, 0.3) is 73.4 Å². The van der Waals surface area contributed by atoms with Gasteiger partial charge in [-0.1, -0.05) is 158 Å². The number of hydrogen-bond acceptors (Lipinski definition) is 4. The maximum Gasteiger partial charge on any atom is 0.0573 e. The van der Waals surface area contributed by atoms with E-state index >= 15 is 0 Å². The average Bonchev–Trinajstić information content (AvgIpc) is 3.94. The largest absolute Gasteiger partial charge is 0.310 e. The molecule has 2 heterocycles. The third-order valence-electron chi connectivity index (χ3n) is 12.8. The molecule has 0 spiro atoms. The molecule has 2 nitrogen and oxygen atoms in total. The molecular weight excluding hydrogens is 813 g/mol. The zero-order valence-electron chi connectivity index (χ0n) is 35.5. The van der Waals surface area contributed by atoms with Gasteiger partial charge in [-0.3, -0.25) is 0 Å². The summed E-state index contributed by atoms with van der Waals surface area (Å²) >= 11 is 3.76. The van der Waals surface area contributed by atoms with E-state index in [1.165, 1.54) is 95.9 Å². The average molecular weight is 855 g/mol. The first-order chi connectivity index (χ1) is 31.6. The van der Waals surface area contributed by atoms with Gasteiger partial charge in [0.1, 0.15) is 0 Å². The lowest BCUT2D eigenvalue weighted by Crippen LogP contribution is -2.16. The molecule has 0 aliphatic heterocycles. The van der Waals surface area contributed by atoms with Gasteiger partial charge in [-0.25, -0.2) is 0 Å². The van der Waals surface area contributed by atoms with Gasteiger partial charge in [0, 0.05) is 73.9 Å². The topological polar surface area (TPSA) is 6.48 Å². The van der Waals surface area contributed by atoms with E-state index in [2.05, 4.69) is 242 Å². The van der Waals surface area contributed by atoms with Crippen molar-refractivity contribution in [1.29, 1.82) is 0 Å². The van der Waals surface area contributed by atoms with Crippen LogP contribution in [0, 0.1) is 13.8 Å². The van der Waals surface area contributed by atoms with E-state index in [4.69, 9.17) is 0 Å². The van der Waals surface area contributed by atoms with Crippen molar-refractivity contribution >= 4 is 108 Å². The summed E-state index contributed by atoms with van der Waals surface area (Å²) in [5, 5.41) is 7.62. The van der Waals surface area contributed by atoms with Crippen LogP contribution < -0.4 is 9.80 Å². The Morgan fingerprint density at radius 2 is 0.641 bits per heavy atom. The highest BCUT2D eigenvalue weighted by atomic mass is 32.1. The maximum absolute atomic E-state index is 2.47. The molecule has 0 saturated heterocycles. The Balaban J connectivity index is 1.06. The van der Waals surface area contributed by atoms with Crippen molar-refractivity contribution in [2.75, 3.05) is 9.80 Å². The molecule has 0 fully saturated rings. The molecule has 0 unspecified atom stereocenters. The predicted octanol–water partition coefficient (Wildman–Crippen LogP) is 18.5. The molecule has 0 N–H and O–H groups in total. The van der Waals surface area contributed by atoms with Crippen LogP contribution in [0.5, 0.6) is 0 Å². The monoisotopic (exact) mass is 854 g/mol. The van der Waals surface area contributed by atoms with Crippen molar-refractivity contribution in [3.63, 3.8) is 0 Å². The summed E-state index contributed by atoms with van der Waals surface area (Å²) in [5.41, 5.74) is 14.2. The Kier molecular flexibility index (Phi) is 9.36. The van der Waals surface area contributed by atoms with Gasteiger partial charge in [-0.05, 0) is 108 Å². The summed E-state index contributed by atoms with van der Waals surface area (Å²) in [7, 11) is 0. The van der Waals surface area contributed by atoms with Gasteiger partial charge in [0.25, 0.3) is 0 Å². The van der Waals surface area contributed by atoms with Crippen LogP contribution in [0.1, 0.15) is 11.1 Å². The van der Waals surface area contributed by atoms with E-state index in [9.17, 15) is 0 Å². The number of para-hydroxylation sites is 2. The Labute approximate surface area is 381 Å². The van der Waals surface area contributed by atoms with Crippen molar-refractivity contribution in [1.82, 2.24) is 0 Å². The van der Waals surface area contributed by atoms with Crippen molar-refractivity contribution in [3.8, 4) is 22.3 Å². The van der Waals surface area contributed by atoms with Crippen LogP contribution >= 0.6 is 22.7 Å². The molecule has 2 aromatic heterocycles. The molecular formula is C60H42N2S2. The summed E-state index contributed by atoms with van der Waals surface area (Å²) in [6.45, 7) is 4.61. The Hall–Kier alpha value is -7.50. The van der Waals surface area contributed by atoms with E-state index in [1.807, 2.05) is 22.7 Å². The van der Waals surface area contributed by atoms with E-state index < -0.39 is 0 Å². The molecule has 0 radical (unpaired) electrons. The van der Waals surface area contributed by atoms with Crippen LogP contribution in [-0.4, -0.2) is 0 Å². The van der Waals surface area contributed by atoms with Crippen LogP contribution in [0.4, 0.5) is 34.1 Å². The second-order valence-electron chi connectivity index (χ2n) is 16.5. The number of rotatable bonds is 8. The third-order valence-corrected chi connectivity index (χ3v) is 15.3. The first-order valence-corrected chi connectivity index (χ1v) is 23.5. The number of nitrogens with zero attached hydrogens (tertiary/aromatic N) is 2. The van der Waals surface area contributed by atoms with Gasteiger partial charge in [0.05, 0.1) is 11.4 Å². The fraction of sp³-hybridized carbons (Fsp3) is 0.0333. The lowest BCUT2D eigenvalue weighted by Gasteiger charge is -2.34. The molecule has 0 atom stereocenters. The number of thiophene rings is 2. The highest BCUT2D eigenvalue weighted by Gasteiger charge is 2.26. The zero-order chi connectivity index (χ0) is 42.7. The van der Waals surface area contributed by atoms with E-state index in [0.29, 0.717) is 0 Å². The third kappa shape index (κ3) is 6.29. The summed E-state index contributed by atoms with van der Waals surface area (Å²) < 4.78 is 5.27. The van der Waals surface area contributed by atoms with E-state index in [0.717, 1.165) is 22.7 Å². The van der Waals surface area contributed by atoms with Crippen LogP contribution in [0.2, 0.25) is 0 Å². The maximum atomic E-state index is 2.47. The Morgan fingerprint density at radius 1 is 0.297 bits per heavy atom. The second kappa shape index (κ2) is 15.7. The smallest absolute Gasteiger partial charge is 0.0573 e. The number of fused-ring (bicyclic) bond motifs is 7. The molecule has 0 bridgehead atoms. The van der Waals surface area contributed by atoms with Gasteiger partial charge in [-0.15, -0.1) is 22.7 Å². The Morgan fingerprint density at radius 3 is 1.08 bits per heavy atom. The van der Waals surface area contributed by atoms with Gasteiger partial charge < -0.3 is 9.80 Å². The fourth-order valence-corrected chi connectivity index (χ4v) is 12.3. The first kappa shape index (κ1) is 38.2. The summed E-state index contributed by atoms with van der Waals surface area (Å²) in [4.78, 5) is 4.95. The standard InChI is InChI=1S/C60H42N2S2/c1-39-40(2)58(62(44-23-7-4-8-24-44)46-26-16-20-42(38-46)48-32-18-34-54-50-28-12-14-36-56(50)64-60(48)54)52-30-10-9-29-51(52)57(39)61(43-21-5-3-6-22-43)45-25-15-19-41(37-45)47-31-17-33-53-49-27-11-13-35-55(49)63-59(47)53/h3-38H,1-2H3. The number of anilines is 6. The molecule has 12 rings (SSSR count). The van der Waals surface area contributed by atoms with Crippen molar-refractivity contribution in [3.05, 3.63) is 230 Å². The van der Waals surface area contributed by atoms with E-state index in [-0.39, 0.29) is 0 Å². The lowest BCUT2D eigenvalue weighted by molar-refractivity contribution is 1.21. The SMILES string of the molecule is Cc1c(C)c(N(c2ccccc2)c2cccc(-c3cccc4c3sc3ccccc34)c2)c2ccccc2c1N(c1ccccc1)c1cccc(-c2cccc3c2sc2ccccc23)c1. The van der Waals surface area contributed by atoms with Crippen LogP contribution in [0.3, 0.4) is 0 Å². The van der Waals surface area contributed by atoms with Crippen molar-refractivity contribution in [2.45, 2.75) is 13.8 Å². The van der Waals surface area contributed by atoms with Crippen molar-refractivity contribution in [2.24, 2.45) is 0 Å². The molecule has 0 aliphatic carbocycles. The molecule has 0 saturated carbocycles. The lowest BCUT2D eigenvalue weighted by atomic mass is 9.93. The normalized spacial score (nSPS) is 11.6. The van der Waals surface area contributed by atoms with E-state index in [1.54, 1.807) is 0 Å². The predicted molar refractivity (Wildman–Crippen MR) is 279 cm³/mol. The molecule has 304 valence electrons. The molecule has 0 aliphatic rings. The molecule has 12 aromatic rings. The summed E-state index contributed by atoms with van der Waals surface area (Å²) in [6, 6.07) is 79.9. The van der Waals surface area contributed by atoms with Crippen molar-refractivity contribution < 1.29 is 0 Å². The first-order valence-electron chi connectivity index (χ1n) is 21.8. The fourth-order valence-electron chi connectivity index (χ4n) is 9.77. The molecule has 64 heavy (non-hydrogen) atoms. The van der Waals surface area contributed by atoms with Crippen LogP contribution in [0.15, 0.2) is 218 Å². The quantitative estimate of drug-likeness (QED) is 0.150. The molecule has 0 amide bonds. The number of hydrogen-bond donors (Lipinski definition) is 0. The van der Waals surface area contributed by atoms with Gasteiger partial charge >= 0.3 is 0 Å². The summed E-state index contributed by atoms with van der Waals surface area (Å²) in [5.74, 6) is 0. The molecule has 10 aromatic carbocycles. The molecule has 4 heteroatoms. The van der Waals surface area contributed by atoms with Gasteiger partial charge in [-0.2, -0.15) is 0 Å². The minimum atomic E-state index is 1.11. The minimum Gasteiger partial charge on any atom is -0.310 e. The zero-order valence-corrected chi connectivity index (χ0v) is 37.1. The van der Waals surface area contributed by atoms with Crippen LogP contribution in [-0.2, 0) is 0 Å². The summed E-state index contributed by atoms with van der Waals surface area (Å²) in [6.07, 6.45) is 0. The second-order valence-corrected chi connectivity index (χ2v) is 18.6. The van der Waals surface area contributed by atoms with Gasteiger partial charge in [0.2, 0.25) is 0 Å². The number of benzene rings is 10. The highest BCUT2D eigenvalue weighted by molar-refractivity contribution is 7.26. The highest BCUT2D eigenvalue weighted by Crippen LogP contribution is 2.51. The minimum absolute atomic E-state index is 1.11. The Bertz CT molecular complexity index is 3470.